The van der Waals surface area contributed by atoms with Crippen molar-refractivity contribution in [3.05, 3.63) is 0 Å². The molecule has 0 saturated heterocycles. The molecular weight excluding hydrogens is 172 g/mol. The summed E-state index contributed by atoms with van der Waals surface area (Å²) >= 11 is 0. The van der Waals surface area contributed by atoms with Crippen molar-refractivity contribution in [1.82, 2.24) is 0 Å². The fourth-order valence-electron chi connectivity index (χ4n) is 0.805. The van der Waals surface area contributed by atoms with Crippen molar-refractivity contribution in [2.75, 3.05) is 34.0 Å². The van der Waals surface area contributed by atoms with E-state index < -0.39 is 5.41 Å². The van der Waals surface area contributed by atoms with Gasteiger partial charge in [-0.1, -0.05) is 0 Å². The second-order valence-corrected chi connectivity index (χ2v) is 3.42. The molecule has 0 unspecified atom stereocenters. The van der Waals surface area contributed by atoms with Crippen molar-refractivity contribution in [3.63, 3.8) is 0 Å². The van der Waals surface area contributed by atoms with E-state index in [0.29, 0.717) is 19.8 Å². The number of hydrogen-bond donors (Lipinski definition) is 0. The van der Waals surface area contributed by atoms with Gasteiger partial charge in [-0.15, -0.1) is 0 Å². The van der Waals surface area contributed by atoms with Crippen LogP contribution in [0.5, 0.6) is 0 Å². The van der Waals surface area contributed by atoms with Gasteiger partial charge in [0.05, 0.1) is 32.3 Å². The van der Waals surface area contributed by atoms with Crippen LogP contribution in [0.2, 0.25) is 0 Å². The Bertz CT molecular complexity index is 154. The first-order valence-electron chi connectivity index (χ1n) is 4.19. The van der Waals surface area contributed by atoms with E-state index in [9.17, 15) is 4.79 Å². The van der Waals surface area contributed by atoms with Crippen molar-refractivity contribution in [2.45, 2.75) is 13.8 Å². The lowest BCUT2D eigenvalue weighted by Crippen LogP contribution is -2.31. The second kappa shape index (κ2) is 5.94. The van der Waals surface area contributed by atoms with Gasteiger partial charge in [0.25, 0.3) is 0 Å². The smallest absolute Gasteiger partial charge is 0.313 e. The lowest BCUT2D eigenvalue weighted by molar-refractivity contribution is -0.154. The van der Waals surface area contributed by atoms with Gasteiger partial charge in [-0.2, -0.15) is 0 Å². The summed E-state index contributed by atoms with van der Waals surface area (Å²) in [6, 6.07) is 0. The molecule has 0 bridgehead atoms. The number of carbonyl (C=O) groups is 1. The molecule has 0 N–H and O–H groups in total. The highest BCUT2D eigenvalue weighted by molar-refractivity contribution is 5.75. The van der Waals surface area contributed by atoms with Crippen molar-refractivity contribution in [2.24, 2.45) is 5.41 Å². The minimum Gasteiger partial charge on any atom is -0.469 e. The molecular formula is C9H18O4. The zero-order valence-corrected chi connectivity index (χ0v) is 8.75. The Morgan fingerprint density at radius 3 is 2.31 bits per heavy atom. The van der Waals surface area contributed by atoms with E-state index in [1.807, 2.05) is 0 Å². The Kier molecular flexibility index (Phi) is 5.66. The normalized spacial score (nSPS) is 11.4. The molecule has 4 heteroatoms. The van der Waals surface area contributed by atoms with E-state index >= 15 is 0 Å². The molecule has 4 nitrogen and oxygen atoms in total. The summed E-state index contributed by atoms with van der Waals surface area (Å²) in [5.74, 6) is -0.259. The van der Waals surface area contributed by atoms with Gasteiger partial charge in [-0.25, -0.2) is 0 Å². The van der Waals surface area contributed by atoms with Gasteiger partial charge in [0.15, 0.2) is 0 Å². The quantitative estimate of drug-likeness (QED) is 0.460. The molecule has 0 aliphatic carbocycles. The first-order chi connectivity index (χ1) is 6.04. The van der Waals surface area contributed by atoms with Crippen molar-refractivity contribution in [3.8, 4) is 0 Å². The number of ether oxygens (including phenoxy) is 3. The zero-order chi connectivity index (χ0) is 10.3. The van der Waals surface area contributed by atoms with Crippen LogP contribution in [-0.4, -0.2) is 40.0 Å². The molecule has 78 valence electrons. The molecule has 0 aromatic rings. The number of carbonyl (C=O) groups excluding carboxylic acids is 1. The second-order valence-electron chi connectivity index (χ2n) is 3.42. The highest BCUT2D eigenvalue weighted by Gasteiger charge is 2.28. The molecule has 0 heterocycles. The monoisotopic (exact) mass is 190 g/mol. The standard InChI is InChI=1S/C9H18O4/c1-9(2,8(10)12-4)7-13-6-5-11-3/h5-7H2,1-4H3. The minimum absolute atomic E-state index is 0.259. The maximum atomic E-state index is 11.2. The molecule has 0 saturated carbocycles. The molecule has 0 aliphatic heterocycles. The molecule has 0 rings (SSSR count). The molecule has 0 aromatic carbocycles. The third-order valence-electron chi connectivity index (χ3n) is 1.63. The van der Waals surface area contributed by atoms with E-state index in [1.165, 1.54) is 7.11 Å². The van der Waals surface area contributed by atoms with Crippen LogP contribution >= 0.6 is 0 Å². The molecule has 0 radical (unpaired) electrons. The fraction of sp³-hybridized carbons (Fsp3) is 0.889. The summed E-state index contributed by atoms with van der Waals surface area (Å²) in [5.41, 5.74) is -0.581. The Hall–Kier alpha value is -0.610. The van der Waals surface area contributed by atoms with Gasteiger partial charge in [0.2, 0.25) is 0 Å². The molecule has 13 heavy (non-hydrogen) atoms. The number of hydrogen-bond acceptors (Lipinski definition) is 4. The Labute approximate surface area is 79.2 Å². The Balaban J connectivity index is 3.69. The first kappa shape index (κ1) is 12.4. The van der Waals surface area contributed by atoms with E-state index in [4.69, 9.17) is 9.47 Å². The molecule has 0 fully saturated rings. The lowest BCUT2D eigenvalue weighted by atomic mass is 9.95. The molecule has 0 spiro atoms. The predicted molar refractivity (Wildman–Crippen MR) is 48.5 cm³/mol. The van der Waals surface area contributed by atoms with Crippen LogP contribution in [0.3, 0.4) is 0 Å². The highest BCUT2D eigenvalue weighted by Crippen LogP contribution is 2.16. The summed E-state index contributed by atoms with van der Waals surface area (Å²) in [6.45, 7) is 4.95. The van der Waals surface area contributed by atoms with Crippen LogP contribution in [-0.2, 0) is 19.0 Å². The number of rotatable bonds is 6. The van der Waals surface area contributed by atoms with Gasteiger partial charge in [-0.3, -0.25) is 4.79 Å². The first-order valence-corrected chi connectivity index (χ1v) is 4.19. The highest BCUT2D eigenvalue weighted by atomic mass is 16.5. The van der Waals surface area contributed by atoms with Crippen molar-refractivity contribution < 1.29 is 19.0 Å². The third kappa shape index (κ3) is 4.85. The number of esters is 1. The molecule has 0 aliphatic rings. The average Bonchev–Trinajstić information content (AvgIpc) is 2.11. The van der Waals surface area contributed by atoms with Crippen LogP contribution in [0, 0.1) is 5.41 Å². The van der Waals surface area contributed by atoms with E-state index in [2.05, 4.69) is 4.74 Å². The summed E-state index contributed by atoms with van der Waals surface area (Å²) in [4.78, 5) is 11.2. The van der Waals surface area contributed by atoms with Crippen LogP contribution in [0.4, 0.5) is 0 Å². The van der Waals surface area contributed by atoms with Gasteiger partial charge in [-0.05, 0) is 13.8 Å². The Morgan fingerprint density at radius 1 is 1.23 bits per heavy atom. The van der Waals surface area contributed by atoms with Gasteiger partial charge in [0.1, 0.15) is 0 Å². The molecule has 0 amide bonds. The van der Waals surface area contributed by atoms with Crippen LogP contribution in [0.15, 0.2) is 0 Å². The van der Waals surface area contributed by atoms with Gasteiger partial charge >= 0.3 is 5.97 Å². The van der Waals surface area contributed by atoms with Crippen LogP contribution in [0.1, 0.15) is 13.8 Å². The fourth-order valence-corrected chi connectivity index (χ4v) is 0.805. The van der Waals surface area contributed by atoms with E-state index in [0.717, 1.165) is 0 Å². The Morgan fingerprint density at radius 2 is 1.85 bits per heavy atom. The van der Waals surface area contributed by atoms with Crippen molar-refractivity contribution >= 4 is 5.97 Å². The molecule has 0 aromatic heterocycles. The summed E-state index contributed by atoms with van der Waals surface area (Å²) in [7, 11) is 2.98. The SMILES string of the molecule is COCCOCC(C)(C)C(=O)OC. The van der Waals surface area contributed by atoms with E-state index in [-0.39, 0.29) is 5.97 Å². The van der Waals surface area contributed by atoms with Crippen molar-refractivity contribution in [1.29, 1.82) is 0 Å². The minimum atomic E-state index is -0.581. The summed E-state index contributed by atoms with van der Waals surface area (Å²) in [6.07, 6.45) is 0. The number of methoxy groups -OCH3 is 2. The maximum Gasteiger partial charge on any atom is 0.313 e. The lowest BCUT2D eigenvalue weighted by Gasteiger charge is -2.20. The third-order valence-corrected chi connectivity index (χ3v) is 1.63. The summed E-state index contributed by atoms with van der Waals surface area (Å²) in [5, 5.41) is 0. The van der Waals surface area contributed by atoms with Crippen LogP contribution in [0.25, 0.3) is 0 Å². The van der Waals surface area contributed by atoms with Gasteiger partial charge < -0.3 is 14.2 Å². The molecule has 0 atom stereocenters. The van der Waals surface area contributed by atoms with Crippen LogP contribution < -0.4 is 0 Å². The topological polar surface area (TPSA) is 44.8 Å². The summed E-state index contributed by atoms with van der Waals surface area (Å²) < 4.78 is 14.7. The van der Waals surface area contributed by atoms with E-state index in [1.54, 1.807) is 21.0 Å². The predicted octanol–water partition coefficient (Wildman–Crippen LogP) is 0.849. The largest absolute Gasteiger partial charge is 0.469 e. The zero-order valence-electron chi connectivity index (χ0n) is 8.75. The van der Waals surface area contributed by atoms with Gasteiger partial charge in [0, 0.05) is 7.11 Å². The average molecular weight is 190 g/mol. The maximum absolute atomic E-state index is 11.2.